The van der Waals surface area contributed by atoms with Gasteiger partial charge in [0.15, 0.2) is 0 Å². The predicted octanol–water partition coefficient (Wildman–Crippen LogP) is 4.00. The summed E-state index contributed by atoms with van der Waals surface area (Å²) >= 11 is 1.37. The Labute approximate surface area is 148 Å². The van der Waals surface area contributed by atoms with Crippen LogP contribution in [-0.2, 0) is 12.2 Å². The first-order valence-corrected chi connectivity index (χ1v) is 8.72. The minimum absolute atomic E-state index is 0.474. The van der Waals surface area contributed by atoms with Crippen LogP contribution in [0.1, 0.15) is 17.3 Å². The third-order valence-electron chi connectivity index (χ3n) is 3.45. The van der Waals surface area contributed by atoms with Crippen LogP contribution in [0.3, 0.4) is 0 Å². The average Bonchev–Trinajstić information content (AvgIpc) is 3.31. The van der Waals surface area contributed by atoms with Crippen LogP contribution >= 0.6 is 11.8 Å². The molecule has 0 unspecified atom stereocenters. The van der Waals surface area contributed by atoms with Gasteiger partial charge in [-0.05, 0) is 17.7 Å². The molecule has 0 fully saturated rings. The molecule has 2 aromatic heterocycles. The zero-order valence-electron chi connectivity index (χ0n) is 13.2. The van der Waals surface area contributed by atoms with Gasteiger partial charge in [0, 0.05) is 5.56 Å². The summed E-state index contributed by atoms with van der Waals surface area (Å²) in [6, 6.07) is 19.7. The van der Waals surface area contributed by atoms with E-state index in [1.807, 2.05) is 60.7 Å². The van der Waals surface area contributed by atoms with Crippen LogP contribution in [0, 0.1) is 0 Å². The van der Waals surface area contributed by atoms with E-state index in [2.05, 4.69) is 20.4 Å². The average molecular weight is 350 g/mol. The van der Waals surface area contributed by atoms with Crippen molar-refractivity contribution in [3.05, 3.63) is 78.0 Å². The molecule has 25 heavy (non-hydrogen) atoms. The summed E-state index contributed by atoms with van der Waals surface area (Å²) in [4.78, 5) is 0. The molecule has 0 amide bonds. The zero-order valence-corrected chi connectivity index (χ0v) is 14.0. The molecule has 0 spiro atoms. The van der Waals surface area contributed by atoms with Crippen LogP contribution in [0.4, 0.5) is 0 Å². The van der Waals surface area contributed by atoms with E-state index in [0.29, 0.717) is 35.1 Å². The Morgan fingerprint density at radius 3 is 2.24 bits per heavy atom. The van der Waals surface area contributed by atoms with Crippen molar-refractivity contribution in [2.24, 2.45) is 0 Å². The van der Waals surface area contributed by atoms with Crippen LogP contribution in [0.25, 0.3) is 11.5 Å². The normalized spacial score (nSPS) is 10.9. The van der Waals surface area contributed by atoms with Crippen molar-refractivity contribution in [2.75, 3.05) is 0 Å². The number of thioether (sulfide) groups is 1. The first-order chi connectivity index (χ1) is 12.4. The molecular weight excluding hydrogens is 336 g/mol. The highest BCUT2D eigenvalue weighted by Gasteiger charge is 2.12. The number of nitrogens with zero attached hydrogens (tertiary/aromatic N) is 4. The van der Waals surface area contributed by atoms with E-state index < -0.39 is 0 Å². The van der Waals surface area contributed by atoms with Gasteiger partial charge in [0.2, 0.25) is 17.7 Å². The van der Waals surface area contributed by atoms with Crippen molar-refractivity contribution < 1.29 is 8.83 Å². The Morgan fingerprint density at radius 1 is 0.720 bits per heavy atom. The number of rotatable bonds is 6. The summed E-state index contributed by atoms with van der Waals surface area (Å²) in [7, 11) is 0. The highest BCUT2D eigenvalue weighted by atomic mass is 32.2. The summed E-state index contributed by atoms with van der Waals surface area (Å²) in [5, 5.41) is 16.7. The van der Waals surface area contributed by atoms with Gasteiger partial charge in [-0.15, -0.1) is 20.4 Å². The highest BCUT2D eigenvalue weighted by molar-refractivity contribution is 7.98. The smallest absolute Gasteiger partial charge is 0.277 e. The molecule has 0 saturated carbocycles. The molecule has 0 saturated heterocycles. The number of hydrogen-bond acceptors (Lipinski definition) is 7. The van der Waals surface area contributed by atoms with Gasteiger partial charge < -0.3 is 8.83 Å². The van der Waals surface area contributed by atoms with Crippen LogP contribution in [0.15, 0.2) is 74.7 Å². The summed E-state index contributed by atoms with van der Waals surface area (Å²) in [5.41, 5.74) is 2.03. The molecule has 0 aliphatic rings. The molecule has 0 atom stereocenters. The molecular formula is C18H14N4O2S. The van der Waals surface area contributed by atoms with Gasteiger partial charge in [-0.3, -0.25) is 0 Å². The first kappa shape index (κ1) is 15.6. The van der Waals surface area contributed by atoms with Gasteiger partial charge in [0.25, 0.3) is 5.22 Å². The molecule has 4 aromatic rings. The molecule has 0 N–H and O–H groups in total. The Kier molecular flexibility index (Phi) is 4.56. The first-order valence-electron chi connectivity index (χ1n) is 7.74. The quantitative estimate of drug-likeness (QED) is 0.486. The third-order valence-corrected chi connectivity index (χ3v) is 4.26. The lowest BCUT2D eigenvalue weighted by Crippen LogP contribution is -1.87. The van der Waals surface area contributed by atoms with Crippen LogP contribution in [-0.4, -0.2) is 20.4 Å². The van der Waals surface area contributed by atoms with Crippen molar-refractivity contribution in [3.63, 3.8) is 0 Å². The lowest BCUT2D eigenvalue weighted by atomic mass is 10.2. The predicted molar refractivity (Wildman–Crippen MR) is 92.8 cm³/mol. The minimum Gasteiger partial charge on any atom is -0.424 e. The SMILES string of the molecule is c1ccc(Cc2nnc(CSc3nnc(-c4ccccc4)o3)o2)cc1. The third kappa shape index (κ3) is 3.95. The number of benzene rings is 2. The summed E-state index contributed by atoms with van der Waals surface area (Å²) in [5.74, 6) is 2.11. The Bertz CT molecular complexity index is 938. The number of aromatic nitrogens is 4. The van der Waals surface area contributed by atoms with Gasteiger partial charge >= 0.3 is 0 Å². The second-order valence-corrected chi connectivity index (χ2v) is 6.21. The Balaban J connectivity index is 1.37. The van der Waals surface area contributed by atoms with Crippen LogP contribution < -0.4 is 0 Å². The van der Waals surface area contributed by atoms with E-state index >= 15 is 0 Å². The largest absolute Gasteiger partial charge is 0.424 e. The highest BCUT2D eigenvalue weighted by Crippen LogP contribution is 2.25. The van der Waals surface area contributed by atoms with Crippen molar-refractivity contribution in [1.82, 2.24) is 20.4 Å². The fraction of sp³-hybridized carbons (Fsp3) is 0.111. The van der Waals surface area contributed by atoms with Crippen molar-refractivity contribution in [3.8, 4) is 11.5 Å². The summed E-state index contributed by atoms with van der Waals surface area (Å²) in [6.45, 7) is 0. The minimum atomic E-state index is 0.474. The Hall–Kier alpha value is -2.93. The van der Waals surface area contributed by atoms with E-state index in [4.69, 9.17) is 8.83 Å². The molecule has 2 heterocycles. The van der Waals surface area contributed by atoms with Gasteiger partial charge in [0.1, 0.15) is 0 Å². The second-order valence-electron chi connectivity index (χ2n) is 5.28. The van der Waals surface area contributed by atoms with Crippen molar-refractivity contribution in [1.29, 1.82) is 0 Å². The maximum absolute atomic E-state index is 5.67. The molecule has 4 rings (SSSR count). The van der Waals surface area contributed by atoms with E-state index in [9.17, 15) is 0 Å². The van der Waals surface area contributed by atoms with Crippen LogP contribution in [0.2, 0.25) is 0 Å². The monoisotopic (exact) mass is 350 g/mol. The van der Waals surface area contributed by atoms with E-state index in [1.165, 1.54) is 11.8 Å². The molecule has 7 heteroatoms. The van der Waals surface area contributed by atoms with Crippen molar-refractivity contribution >= 4 is 11.8 Å². The fourth-order valence-electron chi connectivity index (χ4n) is 2.28. The van der Waals surface area contributed by atoms with Crippen LogP contribution in [0.5, 0.6) is 0 Å². The second kappa shape index (κ2) is 7.31. The van der Waals surface area contributed by atoms with E-state index in [0.717, 1.165) is 11.1 Å². The molecule has 2 aromatic carbocycles. The lowest BCUT2D eigenvalue weighted by molar-refractivity contribution is 0.459. The molecule has 6 nitrogen and oxygen atoms in total. The number of hydrogen-bond donors (Lipinski definition) is 0. The van der Waals surface area contributed by atoms with E-state index in [-0.39, 0.29) is 0 Å². The van der Waals surface area contributed by atoms with Gasteiger partial charge in [-0.25, -0.2) is 0 Å². The lowest BCUT2D eigenvalue weighted by Gasteiger charge is -1.95. The maximum atomic E-state index is 5.67. The zero-order chi connectivity index (χ0) is 16.9. The topological polar surface area (TPSA) is 77.8 Å². The summed E-state index contributed by atoms with van der Waals surface area (Å²) in [6.07, 6.45) is 0.622. The van der Waals surface area contributed by atoms with Gasteiger partial charge in [0.05, 0.1) is 12.2 Å². The van der Waals surface area contributed by atoms with E-state index in [1.54, 1.807) is 0 Å². The molecule has 0 bridgehead atoms. The molecule has 0 aliphatic carbocycles. The van der Waals surface area contributed by atoms with Crippen molar-refractivity contribution in [2.45, 2.75) is 17.4 Å². The molecule has 124 valence electrons. The Morgan fingerprint density at radius 2 is 1.44 bits per heavy atom. The summed E-state index contributed by atoms with van der Waals surface area (Å²) < 4.78 is 11.3. The fourth-order valence-corrected chi connectivity index (χ4v) is 2.88. The maximum Gasteiger partial charge on any atom is 0.277 e. The molecule has 0 radical (unpaired) electrons. The molecule has 0 aliphatic heterocycles. The standard InChI is InChI=1S/C18H14N4O2S/c1-3-7-13(8-4-1)11-15-19-20-16(23-15)12-25-18-22-21-17(24-18)14-9-5-2-6-10-14/h1-10H,11-12H2. The van der Waals surface area contributed by atoms with Gasteiger partial charge in [-0.2, -0.15) is 0 Å². The van der Waals surface area contributed by atoms with Gasteiger partial charge in [-0.1, -0.05) is 60.3 Å².